The van der Waals surface area contributed by atoms with Crippen molar-refractivity contribution < 1.29 is 9.90 Å². The van der Waals surface area contributed by atoms with E-state index in [9.17, 15) is 4.79 Å². The minimum atomic E-state index is -0.123. The summed E-state index contributed by atoms with van der Waals surface area (Å²) in [7, 11) is 0. The van der Waals surface area contributed by atoms with E-state index in [-0.39, 0.29) is 12.5 Å². The first-order valence-corrected chi connectivity index (χ1v) is 6.52. The number of carbonyl (C=O) groups excluding carboxylic acids is 1. The molecule has 100 valence electrons. The fourth-order valence-electron chi connectivity index (χ4n) is 2.05. The fourth-order valence-corrected chi connectivity index (χ4v) is 2.05. The quantitative estimate of drug-likeness (QED) is 0.893. The lowest BCUT2D eigenvalue weighted by molar-refractivity contribution is 0.0716. The second kappa shape index (κ2) is 6.29. The molecule has 2 aromatic rings. The maximum absolute atomic E-state index is 12.3. The van der Waals surface area contributed by atoms with E-state index in [0.717, 1.165) is 17.3 Å². The Balaban J connectivity index is 2.29. The van der Waals surface area contributed by atoms with Crippen LogP contribution in [0.4, 0.5) is 0 Å². The van der Waals surface area contributed by atoms with Crippen molar-refractivity contribution in [3.05, 3.63) is 42.1 Å². The molecule has 0 fully saturated rings. The molecule has 0 aliphatic carbocycles. The Morgan fingerprint density at radius 2 is 2.00 bits per heavy atom. The highest BCUT2D eigenvalue weighted by atomic mass is 16.3. The largest absolute Gasteiger partial charge is 0.395 e. The summed E-state index contributed by atoms with van der Waals surface area (Å²) in [4.78, 5) is 18.3. The van der Waals surface area contributed by atoms with Crippen LogP contribution >= 0.6 is 0 Å². The van der Waals surface area contributed by atoms with E-state index in [1.54, 1.807) is 11.0 Å². The molecular weight excluding hydrogens is 240 g/mol. The third kappa shape index (κ3) is 3.09. The molecule has 1 aromatic heterocycles. The van der Waals surface area contributed by atoms with Crippen LogP contribution in [0, 0.1) is 0 Å². The number of pyridine rings is 1. The topological polar surface area (TPSA) is 53.4 Å². The van der Waals surface area contributed by atoms with E-state index < -0.39 is 0 Å². The lowest BCUT2D eigenvalue weighted by Gasteiger charge is -2.20. The number of carbonyl (C=O) groups is 1. The number of amides is 1. The molecule has 4 nitrogen and oxygen atoms in total. The second-order valence-corrected chi connectivity index (χ2v) is 4.41. The van der Waals surface area contributed by atoms with Gasteiger partial charge in [-0.05, 0) is 18.6 Å². The molecule has 0 atom stereocenters. The molecule has 1 aromatic carbocycles. The van der Waals surface area contributed by atoms with E-state index in [0.29, 0.717) is 18.8 Å². The summed E-state index contributed by atoms with van der Waals surface area (Å²) in [5, 5.41) is 10.0. The molecule has 0 aliphatic rings. The predicted molar refractivity (Wildman–Crippen MR) is 75.0 cm³/mol. The first-order valence-electron chi connectivity index (χ1n) is 6.52. The summed E-state index contributed by atoms with van der Waals surface area (Å²) >= 11 is 0. The van der Waals surface area contributed by atoms with Crippen LogP contribution in [-0.2, 0) is 0 Å². The third-order valence-electron chi connectivity index (χ3n) is 2.97. The highest BCUT2D eigenvalue weighted by molar-refractivity contribution is 5.94. The van der Waals surface area contributed by atoms with Crippen molar-refractivity contribution in [1.29, 1.82) is 0 Å². The number of nitrogens with zero attached hydrogens (tertiary/aromatic N) is 2. The van der Waals surface area contributed by atoms with Crippen LogP contribution in [0.2, 0.25) is 0 Å². The van der Waals surface area contributed by atoms with Crippen molar-refractivity contribution in [2.24, 2.45) is 0 Å². The Labute approximate surface area is 112 Å². The molecule has 2 rings (SSSR count). The average Bonchev–Trinajstić information content (AvgIpc) is 2.46. The standard InChI is InChI=1S/C15H18N2O2/c1-2-9-17(10-11-18)15(19)14-8-7-12-5-3-4-6-13(12)16-14/h3-8,18H,2,9-11H2,1H3. The Bertz CT molecular complexity index is 563. The summed E-state index contributed by atoms with van der Waals surface area (Å²) in [5.41, 5.74) is 1.24. The lowest BCUT2D eigenvalue weighted by atomic mass is 10.2. The number of rotatable bonds is 5. The minimum Gasteiger partial charge on any atom is -0.395 e. The number of hydrogen-bond acceptors (Lipinski definition) is 3. The summed E-state index contributed by atoms with van der Waals surface area (Å²) in [6, 6.07) is 11.3. The monoisotopic (exact) mass is 258 g/mol. The van der Waals surface area contributed by atoms with Crippen molar-refractivity contribution in [1.82, 2.24) is 9.88 Å². The summed E-state index contributed by atoms with van der Waals surface area (Å²) in [5.74, 6) is -0.123. The number of fused-ring (bicyclic) bond motifs is 1. The van der Waals surface area contributed by atoms with E-state index in [4.69, 9.17) is 5.11 Å². The van der Waals surface area contributed by atoms with Gasteiger partial charge in [0.25, 0.3) is 5.91 Å². The highest BCUT2D eigenvalue weighted by Gasteiger charge is 2.15. The van der Waals surface area contributed by atoms with Crippen molar-refractivity contribution >= 4 is 16.8 Å². The molecule has 0 saturated carbocycles. The van der Waals surface area contributed by atoms with Gasteiger partial charge in [-0.1, -0.05) is 31.2 Å². The first-order chi connectivity index (χ1) is 9.26. The van der Waals surface area contributed by atoms with Gasteiger partial charge < -0.3 is 10.0 Å². The van der Waals surface area contributed by atoms with E-state index in [2.05, 4.69) is 4.98 Å². The molecule has 0 saturated heterocycles. The van der Waals surface area contributed by atoms with Gasteiger partial charge in [-0.15, -0.1) is 0 Å². The molecule has 19 heavy (non-hydrogen) atoms. The molecule has 0 unspecified atom stereocenters. The van der Waals surface area contributed by atoms with Crippen LogP contribution in [-0.4, -0.2) is 40.6 Å². The second-order valence-electron chi connectivity index (χ2n) is 4.41. The maximum atomic E-state index is 12.3. The van der Waals surface area contributed by atoms with Crippen LogP contribution < -0.4 is 0 Å². The van der Waals surface area contributed by atoms with Crippen LogP contribution in [0.15, 0.2) is 36.4 Å². The minimum absolute atomic E-state index is 0.0285. The Morgan fingerprint density at radius 3 is 2.74 bits per heavy atom. The van der Waals surface area contributed by atoms with Gasteiger partial charge in [0, 0.05) is 18.5 Å². The maximum Gasteiger partial charge on any atom is 0.272 e. The van der Waals surface area contributed by atoms with Crippen molar-refractivity contribution in [3.63, 3.8) is 0 Å². The number of hydrogen-bond donors (Lipinski definition) is 1. The molecule has 0 radical (unpaired) electrons. The summed E-state index contributed by atoms with van der Waals surface area (Å²) in [6.07, 6.45) is 0.860. The van der Waals surface area contributed by atoms with Crippen molar-refractivity contribution in [3.8, 4) is 0 Å². The zero-order valence-corrected chi connectivity index (χ0v) is 11.0. The van der Waals surface area contributed by atoms with Crippen molar-refractivity contribution in [2.75, 3.05) is 19.7 Å². The van der Waals surface area contributed by atoms with Gasteiger partial charge in [0.15, 0.2) is 0 Å². The van der Waals surface area contributed by atoms with Crippen molar-refractivity contribution in [2.45, 2.75) is 13.3 Å². The van der Waals surface area contributed by atoms with E-state index in [1.807, 2.05) is 37.3 Å². The Hall–Kier alpha value is -1.94. The lowest BCUT2D eigenvalue weighted by Crippen LogP contribution is -2.34. The predicted octanol–water partition coefficient (Wildman–Crippen LogP) is 2.08. The van der Waals surface area contributed by atoms with Gasteiger partial charge in [0.1, 0.15) is 5.69 Å². The normalized spacial score (nSPS) is 10.6. The molecule has 1 amide bonds. The number of aromatic nitrogens is 1. The first kappa shape index (κ1) is 13.5. The third-order valence-corrected chi connectivity index (χ3v) is 2.97. The number of aliphatic hydroxyl groups is 1. The fraction of sp³-hybridized carbons (Fsp3) is 0.333. The average molecular weight is 258 g/mol. The van der Waals surface area contributed by atoms with Gasteiger partial charge in [-0.25, -0.2) is 4.98 Å². The van der Waals surface area contributed by atoms with Crippen LogP contribution in [0.5, 0.6) is 0 Å². The van der Waals surface area contributed by atoms with Crippen LogP contribution in [0.25, 0.3) is 10.9 Å². The molecule has 1 heterocycles. The van der Waals surface area contributed by atoms with Gasteiger partial charge in [0.05, 0.1) is 12.1 Å². The van der Waals surface area contributed by atoms with Gasteiger partial charge >= 0.3 is 0 Å². The van der Waals surface area contributed by atoms with Crippen LogP contribution in [0.1, 0.15) is 23.8 Å². The van der Waals surface area contributed by atoms with Gasteiger partial charge in [-0.3, -0.25) is 4.79 Å². The summed E-state index contributed by atoms with van der Waals surface area (Å²) < 4.78 is 0. The smallest absolute Gasteiger partial charge is 0.272 e. The molecule has 1 N–H and O–H groups in total. The number of para-hydroxylation sites is 1. The highest BCUT2D eigenvalue weighted by Crippen LogP contribution is 2.13. The zero-order chi connectivity index (χ0) is 13.7. The van der Waals surface area contributed by atoms with E-state index >= 15 is 0 Å². The molecule has 0 spiro atoms. The van der Waals surface area contributed by atoms with Crippen LogP contribution in [0.3, 0.4) is 0 Å². The Kier molecular flexibility index (Phi) is 4.47. The van der Waals surface area contributed by atoms with Gasteiger partial charge in [-0.2, -0.15) is 0 Å². The number of benzene rings is 1. The number of aliphatic hydroxyl groups excluding tert-OH is 1. The Morgan fingerprint density at radius 1 is 1.21 bits per heavy atom. The van der Waals surface area contributed by atoms with Gasteiger partial charge in [0.2, 0.25) is 0 Å². The molecule has 0 bridgehead atoms. The van der Waals surface area contributed by atoms with E-state index in [1.165, 1.54) is 0 Å². The molecular formula is C15H18N2O2. The summed E-state index contributed by atoms with van der Waals surface area (Å²) in [6.45, 7) is 2.96. The zero-order valence-electron chi connectivity index (χ0n) is 11.0. The molecule has 4 heteroatoms. The molecule has 0 aliphatic heterocycles. The SMILES string of the molecule is CCCN(CCO)C(=O)c1ccc2ccccc2n1.